The summed E-state index contributed by atoms with van der Waals surface area (Å²) in [5, 5.41) is 3.08. The second kappa shape index (κ2) is 18.3. The van der Waals surface area contributed by atoms with Crippen molar-refractivity contribution in [2.75, 3.05) is 13.2 Å². The maximum Gasteiger partial charge on any atom is 0.407 e. The minimum atomic E-state index is -1.56. The van der Waals surface area contributed by atoms with Gasteiger partial charge in [0.25, 0.3) is 0 Å². The van der Waals surface area contributed by atoms with Crippen molar-refractivity contribution >= 4 is 35.5 Å². The van der Waals surface area contributed by atoms with Crippen molar-refractivity contribution in [1.29, 1.82) is 0 Å². The molecule has 320 valence electrons. The number of fused-ring (bicyclic) bond motifs is 3. The topological polar surface area (TPSA) is 111 Å². The zero-order chi connectivity index (χ0) is 44.1. The minimum Gasteiger partial charge on any atom is -0.453 e. The van der Waals surface area contributed by atoms with Crippen molar-refractivity contribution in [3.63, 3.8) is 0 Å². The van der Waals surface area contributed by atoms with Crippen LogP contribution in [0, 0.1) is 6.92 Å². The van der Waals surface area contributed by atoms with Crippen molar-refractivity contribution in [3.05, 3.63) is 202 Å². The van der Waals surface area contributed by atoms with Gasteiger partial charge in [-0.25, -0.2) is 9.59 Å². The number of carbonyl (C=O) groups excluding carboxylic acids is 4. The van der Waals surface area contributed by atoms with E-state index in [0.717, 1.165) is 33.4 Å². The van der Waals surface area contributed by atoms with Crippen LogP contribution in [-0.2, 0) is 39.8 Å². The number of alkyl carbamates (subject to hydrolysis) is 1. The molecule has 0 bridgehead atoms. The van der Waals surface area contributed by atoms with Crippen LogP contribution in [0.25, 0.3) is 11.1 Å². The lowest BCUT2D eigenvalue weighted by molar-refractivity contribution is -0.166. The number of hydrogen-bond acceptors (Lipinski definition) is 7. The molecule has 1 heterocycles. The Labute approximate surface area is 373 Å². The normalized spacial score (nSPS) is 15.9. The average Bonchev–Trinajstić information content (AvgIpc) is 3.92. The fourth-order valence-electron chi connectivity index (χ4n) is 8.91. The molecule has 63 heavy (non-hydrogen) atoms. The van der Waals surface area contributed by atoms with Gasteiger partial charge in [-0.3, -0.25) is 9.59 Å². The highest BCUT2D eigenvalue weighted by Gasteiger charge is 2.45. The molecule has 1 aliphatic carbocycles. The van der Waals surface area contributed by atoms with Gasteiger partial charge in [0.2, 0.25) is 5.91 Å². The Kier molecular flexibility index (Phi) is 12.5. The van der Waals surface area contributed by atoms with E-state index in [2.05, 4.69) is 5.32 Å². The first-order valence-electron chi connectivity index (χ1n) is 21.3. The van der Waals surface area contributed by atoms with E-state index in [0.29, 0.717) is 34.6 Å². The maximum atomic E-state index is 14.8. The lowest BCUT2D eigenvalue weighted by Crippen LogP contribution is -2.53. The predicted molar refractivity (Wildman–Crippen MR) is 242 cm³/mol. The third kappa shape index (κ3) is 8.84. The van der Waals surface area contributed by atoms with E-state index >= 15 is 0 Å². The van der Waals surface area contributed by atoms with E-state index in [4.69, 9.17) is 25.8 Å². The van der Waals surface area contributed by atoms with Gasteiger partial charge in [-0.1, -0.05) is 169 Å². The number of hydrogen-bond donors (Lipinski definition) is 1. The van der Waals surface area contributed by atoms with Gasteiger partial charge in [0.1, 0.15) is 24.3 Å². The SMILES string of the molecule is Cc1ccc(C(OC(=O)C[C@H](NC(=O)OCC2c3ccccc3-c3ccccc32)C(=O)N2CCC[C@H]2C(=O)OC(C)(C)c2ccccc2)(c2ccccc2)c2ccccc2Cl)cc1. The van der Waals surface area contributed by atoms with E-state index < -0.39 is 53.6 Å². The van der Waals surface area contributed by atoms with E-state index in [9.17, 15) is 19.2 Å². The van der Waals surface area contributed by atoms with Crippen molar-refractivity contribution in [2.45, 2.75) is 69.2 Å². The summed E-state index contributed by atoms with van der Waals surface area (Å²) in [6.07, 6.45) is -0.641. The molecule has 0 radical (unpaired) electrons. The summed E-state index contributed by atoms with van der Waals surface area (Å²) < 4.78 is 18.6. The van der Waals surface area contributed by atoms with Crippen LogP contribution < -0.4 is 5.32 Å². The van der Waals surface area contributed by atoms with Gasteiger partial charge < -0.3 is 24.4 Å². The summed E-state index contributed by atoms with van der Waals surface area (Å²) >= 11 is 6.95. The highest BCUT2D eigenvalue weighted by Crippen LogP contribution is 2.46. The lowest BCUT2D eigenvalue weighted by Gasteiger charge is -2.36. The van der Waals surface area contributed by atoms with Crippen molar-refractivity contribution in [2.24, 2.45) is 0 Å². The van der Waals surface area contributed by atoms with Crippen LogP contribution in [0.15, 0.2) is 158 Å². The summed E-state index contributed by atoms with van der Waals surface area (Å²) in [6, 6.07) is 46.9. The number of halogens is 1. The Bertz CT molecular complexity index is 2570. The molecule has 1 saturated heterocycles. The fraction of sp³-hybridized carbons (Fsp3) is 0.245. The molecule has 9 nitrogen and oxygen atoms in total. The molecule has 6 aromatic rings. The standard InChI is InChI=1S/C53H49ClN2O7/c1-35-28-30-38(31-29-35)53(37-19-8-5-9-20-37,44-25-14-15-26-45(44)54)62-48(57)33-46(49(58)56-32-16-27-47(56)50(59)63-52(2,3)36-17-6-4-7-18-36)55-51(60)61-34-43-41-23-12-10-21-39(41)40-22-11-13-24-42(40)43/h4-15,17-26,28-31,43,46-47H,16,27,32-34H2,1-3H3,(H,55,60)/t46-,47-,53?/m0/s1. The molecule has 0 spiro atoms. The molecule has 0 aromatic heterocycles. The first-order valence-corrected chi connectivity index (χ1v) is 21.6. The van der Waals surface area contributed by atoms with Gasteiger partial charge >= 0.3 is 18.0 Å². The molecular formula is C53H49ClN2O7. The minimum absolute atomic E-state index is 0.0184. The van der Waals surface area contributed by atoms with Gasteiger partial charge in [0.15, 0.2) is 5.60 Å². The summed E-state index contributed by atoms with van der Waals surface area (Å²) in [4.78, 5) is 58.9. The number of ether oxygens (including phenoxy) is 3. The number of benzene rings is 6. The van der Waals surface area contributed by atoms with E-state index in [1.165, 1.54) is 4.90 Å². The van der Waals surface area contributed by atoms with Crippen LogP contribution in [0.3, 0.4) is 0 Å². The van der Waals surface area contributed by atoms with E-state index in [-0.39, 0.29) is 19.1 Å². The van der Waals surface area contributed by atoms with Crippen LogP contribution in [-0.4, -0.2) is 54.1 Å². The molecule has 6 aromatic carbocycles. The van der Waals surface area contributed by atoms with Gasteiger partial charge in [0, 0.05) is 34.2 Å². The second-order valence-electron chi connectivity index (χ2n) is 16.6. The number of nitrogens with zero attached hydrogens (tertiary/aromatic N) is 1. The van der Waals surface area contributed by atoms with Crippen LogP contribution in [0.1, 0.15) is 78.0 Å². The number of rotatable bonds is 13. The molecule has 1 aliphatic heterocycles. The van der Waals surface area contributed by atoms with E-state index in [1.54, 1.807) is 32.0 Å². The van der Waals surface area contributed by atoms with Crippen molar-refractivity contribution in [1.82, 2.24) is 10.2 Å². The first-order chi connectivity index (χ1) is 30.5. The second-order valence-corrected chi connectivity index (χ2v) is 17.0. The van der Waals surface area contributed by atoms with Crippen LogP contribution in [0.2, 0.25) is 5.02 Å². The molecule has 2 amide bonds. The van der Waals surface area contributed by atoms with Crippen LogP contribution in [0.5, 0.6) is 0 Å². The number of aryl methyl sites for hydroxylation is 1. The van der Waals surface area contributed by atoms with Gasteiger partial charge in [0.05, 0.1) is 6.42 Å². The number of amides is 2. The Morgan fingerprint density at radius 2 is 1.25 bits per heavy atom. The molecule has 0 saturated carbocycles. The van der Waals surface area contributed by atoms with Crippen molar-refractivity contribution in [3.8, 4) is 11.1 Å². The smallest absolute Gasteiger partial charge is 0.407 e. The Hall–Kier alpha value is -6.71. The Morgan fingerprint density at radius 3 is 1.89 bits per heavy atom. The van der Waals surface area contributed by atoms with Crippen LogP contribution >= 0.6 is 11.6 Å². The molecule has 2 aliphatic rings. The van der Waals surface area contributed by atoms with E-state index in [1.807, 2.05) is 146 Å². The highest BCUT2D eigenvalue weighted by atomic mass is 35.5. The molecular weight excluding hydrogens is 812 g/mol. The number of carbonyl (C=O) groups is 4. The summed E-state index contributed by atoms with van der Waals surface area (Å²) in [7, 11) is 0. The quantitative estimate of drug-likeness (QED) is 0.0699. The Balaban J connectivity index is 1.10. The largest absolute Gasteiger partial charge is 0.453 e. The lowest BCUT2D eigenvalue weighted by atomic mass is 9.79. The Morgan fingerprint density at radius 1 is 0.698 bits per heavy atom. The summed E-state index contributed by atoms with van der Waals surface area (Å²) in [5.41, 5.74) is 5.14. The van der Waals surface area contributed by atoms with Gasteiger partial charge in [-0.05, 0) is 67.5 Å². The van der Waals surface area contributed by atoms with Crippen molar-refractivity contribution < 1.29 is 33.4 Å². The van der Waals surface area contributed by atoms with Gasteiger partial charge in [-0.15, -0.1) is 0 Å². The highest BCUT2D eigenvalue weighted by molar-refractivity contribution is 6.31. The summed E-state index contributed by atoms with van der Waals surface area (Å²) in [6.45, 7) is 5.75. The monoisotopic (exact) mass is 860 g/mol. The predicted octanol–water partition coefficient (Wildman–Crippen LogP) is 10.3. The third-order valence-corrected chi connectivity index (χ3v) is 12.4. The molecule has 8 rings (SSSR count). The molecule has 10 heteroatoms. The summed E-state index contributed by atoms with van der Waals surface area (Å²) in [5.74, 6) is -2.28. The maximum absolute atomic E-state index is 14.8. The molecule has 1 fully saturated rings. The number of likely N-dealkylation sites (tertiary alicyclic amines) is 1. The molecule has 1 unspecified atom stereocenters. The number of esters is 2. The third-order valence-electron chi connectivity index (χ3n) is 12.1. The van der Waals surface area contributed by atoms with Crippen LogP contribution in [0.4, 0.5) is 4.79 Å². The average molecular weight is 861 g/mol. The molecule has 3 atom stereocenters. The first kappa shape index (κ1) is 43.0. The fourth-order valence-corrected chi connectivity index (χ4v) is 9.18. The molecule has 1 N–H and O–H groups in total. The van der Waals surface area contributed by atoms with Gasteiger partial charge in [-0.2, -0.15) is 0 Å². The number of nitrogens with one attached hydrogen (secondary N) is 1. The zero-order valence-electron chi connectivity index (χ0n) is 35.5. The zero-order valence-corrected chi connectivity index (χ0v) is 36.2.